The number of rotatable bonds is 4. The lowest BCUT2D eigenvalue weighted by molar-refractivity contribution is -0.117. The van der Waals surface area contributed by atoms with Crippen molar-refractivity contribution in [1.82, 2.24) is 15.0 Å². The van der Waals surface area contributed by atoms with E-state index in [1.807, 2.05) is 13.0 Å². The molecule has 2 rings (SSSR count). The van der Waals surface area contributed by atoms with Gasteiger partial charge in [0, 0.05) is 0 Å². The second-order valence-electron chi connectivity index (χ2n) is 4.52. The molecule has 0 fully saturated rings. The van der Waals surface area contributed by atoms with Crippen LogP contribution < -0.4 is 5.32 Å². The zero-order valence-corrected chi connectivity index (χ0v) is 12.2. The highest BCUT2D eigenvalue weighted by atomic mass is 35.5. The number of hydrogen-bond donors (Lipinski definition) is 2. The van der Waals surface area contributed by atoms with Crippen molar-refractivity contribution < 1.29 is 14.7 Å². The first-order valence-corrected chi connectivity index (χ1v) is 6.45. The minimum atomic E-state index is -1.18. The summed E-state index contributed by atoms with van der Waals surface area (Å²) in [5.41, 5.74) is 1.61. The second kappa shape index (κ2) is 5.92. The molecular formula is C13H13ClN4O3. The summed E-state index contributed by atoms with van der Waals surface area (Å²) in [5.74, 6) is -1.55. The summed E-state index contributed by atoms with van der Waals surface area (Å²) in [7, 11) is 0. The fraction of sp³-hybridized carbons (Fsp3) is 0.231. The topological polar surface area (TPSA) is 97.1 Å². The quantitative estimate of drug-likeness (QED) is 0.899. The van der Waals surface area contributed by atoms with Gasteiger partial charge < -0.3 is 10.4 Å². The van der Waals surface area contributed by atoms with E-state index >= 15 is 0 Å². The number of carbonyl (C=O) groups is 2. The van der Waals surface area contributed by atoms with Gasteiger partial charge in [-0.2, -0.15) is 0 Å². The molecule has 0 bridgehead atoms. The predicted molar refractivity (Wildman–Crippen MR) is 76.5 cm³/mol. The van der Waals surface area contributed by atoms with Crippen LogP contribution in [0.15, 0.2) is 18.2 Å². The number of aromatic nitrogens is 3. The Kier molecular flexibility index (Phi) is 4.23. The van der Waals surface area contributed by atoms with Crippen LogP contribution in [0.2, 0.25) is 5.02 Å². The van der Waals surface area contributed by atoms with Gasteiger partial charge in [-0.3, -0.25) is 4.79 Å². The van der Waals surface area contributed by atoms with Gasteiger partial charge in [0.25, 0.3) is 0 Å². The monoisotopic (exact) mass is 308 g/mol. The van der Waals surface area contributed by atoms with Crippen LogP contribution in [0.25, 0.3) is 0 Å². The van der Waals surface area contributed by atoms with Gasteiger partial charge in [0.1, 0.15) is 6.54 Å². The van der Waals surface area contributed by atoms with Crippen molar-refractivity contribution in [2.45, 2.75) is 20.4 Å². The molecule has 8 heteroatoms. The fourth-order valence-electron chi connectivity index (χ4n) is 1.76. The third-order valence-corrected chi connectivity index (χ3v) is 3.19. The number of carboxylic acids is 1. The van der Waals surface area contributed by atoms with E-state index in [2.05, 4.69) is 15.6 Å². The number of carbonyl (C=O) groups excluding carboxylic acids is 1. The maximum absolute atomic E-state index is 11.9. The second-order valence-corrected chi connectivity index (χ2v) is 4.92. The molecule has 0 aliphatic heterocycles. The molecule has 0 saturated heterocycles. The van der Waals surface area contributed by atoms with Crippen molar-refractivity contribution in [1.29, 1.82) is 0 Å². The van der Waals surface area contributed by atoms with Crippen molar-refractivity contribution in [3.63, 3.8) is 0 Å². The van der Waals surface area contributed by atoms with Crippen LogP contribution in [0.1, 0.15) is 21.7 Å². The molecule has 0 unspecified atom stereocenters. The van der Waals surface area contributed by atoms with Crippen LogP contribution in [-0.4, -0.2) is 32.0 Å². The van der Waals surface area contributed by atoms with Gasteiger partial charge in [-0.15, -0.1) is 5.10 Å². The largest absolute Gasteiger partial charge is 0.476 e. The molecule has 2 aromatic rings. The van der Waals surface area contributed by atoms with Crippen molar-refractivity contribution in [2.24, 2.45) is 0 Å². The predicted octanol–water partition coefficient (Wildman–Crippen LogP) is 1.89. The molecule has 1 aromatic heterocycles. The molecule has 7 nitrogen and oxygen atoms in total. The molecule has 0 aliphatic rings. The molecular weight excluding hydrogens is 296 g/mol. The standard InChI is InChI=1S/C13H13ClN4O3/c1-7-3-4-10(9(14)5-7)15-11(19)6-18-8(2)12(13(20)21)16-17-18/h3-5H,6H2,1-2H3,(H,15,19)(H,20,21). The van der Waals surface area contributed by atoms with Crippen LogP contribution in [0.4, 0.5) is 5.69 Å². The highest BCUT2D eigenvalue weighted by molar-refractivity contribution is 6.33. The van der Waals surface area contributed by atoms with Crippen molar-refractivity contribution in [2.75, 3.05) is 5.32 Å². The normalized spacial score (nSPS) is 10.4. The molecule has 1 aromatic carbocycles. The summed E-state index contributed by atoms with van der Waals surface area (Å²) in [6.45, 7) is 3.29. The van der Waals surface area contributed by atoms with Crippen LogP contribution in [0.5, 0.6) is 0 Å². The number of nitrogens with zero attached hydrogens (tertiary/aromatic N) is 3. The van der Waals surface area contributed by atoms with E-state index in [1.165, 1.54) is 11.6 Å². The van der Waals surface area contributed by atoms with Gasteiger partial charge in [0.2, 0.25) is 5.91 Å². The number of carboxylic acid groups (broad SMARTS) is 1. The number of aromatic carboxylic acids is 1. The average molecular weight is 309 g/mol. The van der Waals surface area contributed by atoms with E-state index in [0.29, 0.717) is 16.4 Å². The van der Waals surface area contributed by atoms with E-state index in [4.69, 9.17) is 16.7 Å². The maximum Gasteiger partial charge on any atom is 0.358 e. The van der Waals surface area contributed by atoms with Gasteiger partial charge in [-0.1, -0.05) is 22.9 Å². The first kappa shape index (κ1) is 15.0. The Balaban J connectivity index is 2.10. The maximum atomic E-state index is 11.9. The molecule has 1 heterocycles. The zero-order valence-electron chi connectivity index (χ0n) is 11.4. The molecule has 21 heavy (non-hydrogen) atoms. The fourth-order valence-corrected chi connectivity index (χ4v) is 2.04. The van der Waals surface area contributed by atoms with Crippen LogP contribution in [-0.2, 0) is 11.3 Å². The number of halogens is 1. The van der Waals surface area contributed by atoms with Gasteiger partial charge in [-0.05, 0) is 31.5 Å². The summed E-state index contributed by atoms with van der Waals surface area (Å²) in [4.78, 5) is 22.8. The van der Waals surface area contributed by atoms with Gasteiger partial charge in [-0.25, -0.2) is 9.48 Å². The number of aryl methyl sites for hydroxylation is 1. The summed E-state index contributed by atoms with van der Waals surface area (Å²) in [6, 6.07) is 5.26. The lowest BCUT2D eigenvalue weighted by Crippen LogP contribution is -2.20. The zero-order chi connectivity index (χ0) is 15.6. The van der Waals surface area contributed by atoms with Crippen LogP contribution in [0.3, 0.4) is 0 Å². The lowest BCUT2D eigenvalue weighted by atomic mass is 10.2. The van der Waals surface area contributed by atoms with Gasteiger partial charge in [0.05, 0.1) is 16.4 Å². The summed E-state index contributed by atoms with van der Waals surface area (Å²) < 4.78 is 1.22. The minimum absolute atomic E-state index is 0.143. The molecule has 2 N–H and O–H groups in total. The summed E-state index contributed by atoms with van der Waals surface area (Å²) in [5, 5.41) is 19.1. The number of amides is 1. The molecule has 1 amide bonds. The van der Waals surface area contributed by atoms with Crippen molar-refractivity contribution >= 4 is 29.2 Å². The van der Waals surface area contributed by atoms with E-state index in [0.717, 1.165) is 5.56 Å². The molecule has 110 valence electrons. The Labute approximate surface area is 125 Å². The SMILES string of the molecule is Cc1ccc(NC(=O)Cn2nnc(C(=O)O)c2C)c(Cl)c1. The minimum Gasteiger partial charge on any atom is -0.476 e. The van der Waals surface area contributed by atoms with Crippen molar-refractivity contribution in [3.8, 4) is 0 Å². The molecule has 0 spiro atoms. The van der Waals surface area contributed by atoms with E-state index < -0.39 is 5.97 Å². The molecule has 0 radical (unpaired) electrons. The Morgan fingerprint density at radius 1 is 1.38 bits per heavy atom. The molecule has 0 aliphatic carbocycles. The number of nitrogens with one attached hydrogen (secondary N) is 1. The Hall–Kier alpha value is -2.41. The third-order valence-electron chi connectivity index (χ3n) is 2.88. The van der Waals surface area contributed by atoms with Crippen LogP contribution >= 0.6 is 11.6 Å². The Morgan fingerprint density at radius 2 is 2.10 bits per heavy atom. The van der Waals surface area contributed by atoms with E-state index in [-0.39, 0.29) is 18.1 Å². The van der Waals surface area contributed by atoms with Gasteiger partial charge in [0.15, 0.2) is 5.69 Å². The summed E-state index contributed by atoms with van der Waals surface area (Å²) in [6.07, 6.45) is 0. The van der Waals surface area contributed by atoms with E-state index in [1.54, 1.807) is 12.1 Å². The van der Waals surface area contributed by atoms with Crippen molar-refractivity contribution in [3.05, 3.63) is 40.2 Å². The average Bonchev–Trinajstić information content (AvgIpc) is 2.74. The number of benzene rings is 1. The smallest absolute Gasteiger partial charge is 0.358 e. The summed E-state index contributed by atoms with van der Waals surface area (Å²) >= 11 is 6.03. The number of hydrogen-bond acceptors (Lipinski definition) is 4. The lowest BCUT2D eigenvalue weighted by Gasteiger charge is -2.08. The Bertz CT molecular complexity index is 711. The molecule has 0 atom stereocenters. The van der Waals surface area contributed by atoms with Crippen LogP contribution in [0, 0.1) is 13.8 Å². The number of anilines is 1. The highest BCUT2D eigenvalue weighted by Crippen LogP contribution is 2.22. The first-order valence-electron chi connectivity index (χ1n) is 6.08. The van der Waals surface area contributed by atoms with E-state index in [9.17, 15) is 9.59 Å². The highest BCUT2D eigenvalue weighted by Gasteiger charge is 2.17. The first-order chi connectivity index (χ1) is 9.88. The Morgan fingerprint density at radius 3 is 2.67 bits per heavy atom. The molecule has 0 saturated carbocycles. The van der Waals surface area contributed by atoms with Gasteiger partial charge >= 0.3 is 5.97 Å². The third kappa shape index (κ3) is 3.38.